The molecular formula is C21H20N2O3. The first-order chi connectivity index (χ1) is 12.6. The van der Waals surface area contributed by atoms with Crippen LogP contribution in [-0.4, -0.2) is 24.1 Å². The van der Waals surface area contributed by atoms with E-state index in [0.29, 0.717) is 24.7 Å². The van der Waals surface area contributed by atoms with Crippen molar-refractivity contribution < 1.29 is 14.3 Å². The van der Waals surface area contributed by atoms with Crippen molar-refractivity contribution in [2.24, 2.45) is 0 Å². The molecule has 2 aromatic carbocycles. The Bertz CT molecular complexity index is 977. The van der Waals surface area contributed by atoms with Gasteiger partial charge in [-0.05, 0) is 43.7 Å². The number of nitrogens with zero attached hydrogens (tertiary/aromatic N) is 1. The highest BCUT2D eigenvalue weighted by molar-refractivity contribution is 6.04. The van der Waals surface area contributed by atoms with Crippen molar-refractivity contribution in [3.05, 3.63) is 60.3 Å². The first kappa shape index (κ1) is 16.4. The molecular weight excluding hydrogens is 328 g/mol. The van der Waals surface area contributed by atoms with Crippen LogP contribution in [0.1, 0.15) is 19.4 Å². The summed E-state index contributed by atoms with van der Waals surface area (Å²) in [4.78, 5) is 17.4. The highest BCUT2D eigenvalue weighted by Crippen LogP contribution is 2.36. The average Bonchev–Trinajstić information content (AvgIpc) is 2.68. The summed E-state index contributed by atoms with van der Waals surface area (Å²) in [6.45, 7) is 4.85. The number of ether oxygens (including phenoxy) is 2. The first-order valence-corrected chi connectivity index (χ1v) is 8.61. The molecule has 0 fully saturated rings. The number of amides is 1. The topological polar surface area (TPSA) is 60.5 Å². The number of carbonyl (C=O) groups excluding carboxylic acids is 1. The van der Waals surface area contributed by atoms with Crippen LogP contribution in [0.5, 0.6) is 11.5 Å². The van der Waals surface area contributed by atoms with Crippen LogP contribution in [-0.2, 0) is 10.2 Å². The maximum absolute atomic E-state index is 13.0. The van der Waals surface area contributed by atoms with E-state index in [4.69, 9.17) is 9.47 Å². The van der Waals surface area contributed by atoms with Crippen LogP contribution in [0.3, 0.4) is 0 Å². The van der Waals surface area contributed by atoms with Gasteiger partial charge in [-0.2, -0.15) is 0 Å². The number of nitrogens with one attached hydrogen (secondary N) is 1. The Kier molecular flexibility index (Phi) is 3.99. The van der Waals surface area contributed by atoms with E-state index >= 15 is 0 Å². The van der Waals surface area contributed by atoms with E-state index in [1.54, 1.807) is 6.20 Å². The van der Waals surface area contributed by atoms with Gasteiger partial charge in [-0.15, -0.1) is 0 Å². The van der Waals surface area contributed by atoms with Crippen LogP contribution in [0.25, 0.3) is 10.9 Å². The van der Waals surface area contributed by atoms with Crippen molar-refractivity contribution in [3.8, 4) is 11.5 Å². The highest BCUT2D eigenvalue weighted by atomic mass is 16.6. The third kappa shape index (κ3) is 2.86. The maximum atomic E-state index is 13.0. The largest absolute Gasteiger partial charge is 0.486 e. The van der Waals surface area contributed by atoms with Crippen LogP contribution in [0.15, 0.2) is 54.7 Å². The molecule has 2 heterocycles. The molecule has 0 spiro atoms. The third-order valence-electron chi connectivity index (χ3n) is 4.71. The Morgan fingerprint density at radius 3 is 2.65 bits per heavy atom. The number of benzene rings is 2. The Balaban J connectivity index is 1.64. The van der Waals surface area contributed by atoms with E-state index in [1.807, 2.05) is 62.4 Å². The molecule has 0 saturated carbocycles. The summed E-state index contributed by atoms with van der Waals surface area (Å²) in [5, 5.41) is 4.02. The minimum absolute atomic E-state index is 0.104. The summed E-state index contributed by atoms with van der Waals surface area (Å²) >= 11 is 0. The molecule has 1 aromatic heterocycles. The summed E-state index contributed by atoms with van der Waals surface area (Å²) < 4.78 is 11.2. The Morgan fingerprint density at radius 2 is 1.81 bits per heavy atom. The minimum atomic E-state index is -0.743. The van der Waals surface area contributed by atoms with Gasteiger partial charge in [0.15, 0.2) is 11.5 Å². The molecule has 0 atom stereocenters. The van der Waals surface area contributed by atoms with Gasteiger partial charge in [0.1, 0.15) is 13.2 Å². The van der Waals surface area contributed by atoms with E-state index in [1.165, 1.54) is 0 Å². The zero-order chi connectivity index (χ0) is 18.1. The molecule has 0 aliphatic carbocycles. The van der Waals surface area contributed by atoms with Crippen LogP contribution >= 0.6 is 0 Å². The number of aromatic nitrogens is 1. The Morgan fingerprint density at radius 1 is 1.04 bits per heavy atom. The molecule has 1 N–H and O–H groups in total. The third-order valence-corrected chi connectivity index (χ3v) is 4.71. The van der Waals surface area contributed by atoms with Gasteiger partial charge in [-0.3, -0.25) is 9.78 Å². The number of hydrogen-bond acceptors (Lipinski definition) is 4. The summed E-state index contributed by atoms with van der Waals surface area (Å²) in [5.74, 6) is 1.29. The smallest absolute Gasteiger partial charge is 0.234 e. The fourth-order valence-electron chi connectivity index (χ4n) is 3.05. The Hall–Kier alpha value is -3.08. The fraction of sp³-hybridized carbons (Fsp3) is 0.238. The lowest BCUT2D eigenvalue weighted by Gasteiger charge is -2.26. The molecule has 5 nitrogen and oxygen atoms in total. The number of para-hydroxylation sites is 1. The van der Waals surface area contributed by atoms with Crippen molar-refractivity contribution in [2.75, 3.05) is 18.5 Å². The fourth-order valence-corrected chi connectivity index (χ4v) is 3.05. The van der Waals surface area contributed by atoms with Crippen LogP contribution < -0.4 is 14.8 Å². The van der Waals surface area contributed by atoms with Crippen molar-refractivity contribution in [2.45, 2.75) is 19.3 Å². The molecule has 132 valence electrons. The van der Waals surface area contributed by atoms with E-state index in [0.717, 1.165) is 22.2 Å². The molecule has 5 heteroatoms. The summed E-state index contributed by atoms with van der Waals surface area (Å²) in [5.41, 5.74) is 1.61. The van der Waals surface area contributed by atoms with Crippen LogP contribution in [0, 0.1) is 0 Å². The Labute approximate surface area is 152 Å². The predicted octanol–water partition coefficient (Wildman–Crippen LogP) is 3.92. The number of anilines is 1. The van der Waals surface area contributed by atoms with Crippen molar-refractivity contribution in [1.29, 1.82) is 0 Å². The zero-order valence-corrected chi connectivity index (χ0v) is 14.8. The first-order valence-electron chi connectivity index (χ1n) is 8.61. The zero-order valence-electron chi connectivity index (χ0n) is 14.8. The number of rotatable bonds is 3. The van der Waals surface area contributed by atoms with Crippen molar-refractivity contribution in [1.82, 2.24) is 4.98 Å². The maximum Gasteiger partial charge on any atom is 0.234 e. The monoisotopic (exact) mass is 348 g/mol. The number of carbonyl (C=O) groups is 1. The lowest BCUT2D eigenvalue weighted by Crippen LogP contribution is -2.35. The molecule has 0 radical (unpaired) electrons. The normalized spacial score (nSPS) is 13.5. The lowest BCUT2D eigenvalue weighted by atomic mass is 9.83. The summed E-state index contributed by atoms with van der Waals surface area (Å²) in [7, 11) is 0. The second-order valence-corrected chi connectivity index (χ2v) is 6.82. The summed E-state index contributed by atoms with van der Waals surface area (Å²) in [6.07, 6.45) is 1.73. The number of fused-ring (bicyclic) bond motifs is 2. The van der Waals surface area contributed by atoms with Crippen molar-refractivity contribution >= 4 is 22.5 Å². The van der Waals surface area contributed by atoms with E-state index in [9.17, 15) is 4.79 Å². The molecule has 1 aliphatic heterocycles. The van der Waals surface area contributed by atoms with Gasteiger partial charge in [0, 0.05) is 11.6 Å². The molecule has 0 bridgehead atoms. The molecule has 4 rings (SSSR count). The summed E-state index contributed by atoms with van der Waals surface area (Å²) in [6, 6.07) is 15.3. The standard InChI is InChI=1S/C21H20N2O3/c1-21(2,15-8-9-17-18(13-15)26-12-11-25-17)20(24)23-16-7-3-5-14-6-4-10-22-19(14)16/h3-10,13H,11-12H2,1-2H3,(H,23,24). The van der Waals surface area contributed by atoms with Gasteiger partial charge < -0.3 is 14.8 Å². The van der Waals surface area contributed by atoms with E-state index in [2.05, 4.69) is 10.3 Å². The average molecular weight is 348 g/mol. The number of hydrogen-bond donors (Lipinski definition) is 1. The second kappa shape index (κ2) is 6.33. The molecule has 0 unspecified atom stereocenters. The van der Waals surface area contributed by atoms with E-state index in [-0.39, 0.29) is 5.91 Å². The van der Waals surface area contributed by atoms with E-state index < -0.39 is 5.41 Å². The van der Waals surface area contributed by atoms with Crippen LogP contribution in [0.2, 0.25) is 0 Å². The van der Waals surface area contributed by atoms with Gasteiger partial charge in [-0.25, -0.2) is 0 Å². The highest BCUT2D eigenvalue weighted by Gasteiger charge is 2.31. The molecule has 1 aliphatic rings. The molecule has 26 heavy (non-hydrogen) atoms. The molecule has 1 amide bonds. The molecule has 3 aromatic rings. The van der Waals surface area contributed by atoms with Crippen molar-refractivity contribution in [3.63, 3.8) is 0 Å². The van der Waals surface area contributed by atoms with Gasteiger partial charge in [0.2, 0.25) is 5.91 Å². The number of pyridine rings is 1. The lowest BCUT2D eigenvalue weighted by molar-refractivity contribution is -0.120. The van der Waals surface area contributed by atoms with Gasteiger partial charge in [0.05, 0.1) is 16.6 Å². The molecule has 0 saturated heterocycles. The second-order valence-electron chi connectivity index (χ2n) is 6.82. The quantitative estimate of drug-likeness (QED) is 0.779. The van der Waals surface area contributed by atoms with Gasteiger partial charge >= 0.3 is 0 Å². The minimum Gasteiger partial charge on any atom is -0.486 e. The van der Waals surface area contributed by atoms with Gasteiger partial charge in [0.25, 0.3) is 0 Å². The SMILES string of the molecule is CC(C)(C(=O)Nc1cccc2cccnc12)c1ccc2c(c1)OCCO2. The van der Waals surface area contributed by atoms with Gasteiger partial charge in [-0.1, -0.05) is 24.3 Å². The predicted molar refractivity (Wildman–Crippen MR) is 101 cm³/mol. The van der Waals surface area contributed by atoms with Crippen LogP contribution in [0.4, 0.5) is 5.69 Å².